The monoisotopic (exact) mass is 230 g/mol. The number of ether oxygens (including phenoxy) is 1. The number of methoxy groups -OCH3 is 1. The summed E-state index contributed by atoms with van der Waals surface area (Å²) in [7, 11) is 1.41. The molecule has 5 heteroatoms. The Kier molecular flexibility index (Phi) is 2.74. The highest BCUT2D eigenvalue weighted by Gasteiger charge is 2.24. The first-order valence-corrected chi connectivity index (χ1v) is 4.92. The third-order valence-electron chi connectivity index (χ3n) is 2.40. The molecule has 86 valence electrons. The maximum Gasteiger partial charge on any atom is 0.258 e. The quantitative estimate of drug-likeness (QED) is 0.469. The van der Waals surface area contributed by atoms with Crippen molar-refractivity contribution in [1.82, 2.24) is 0 Å². The van der Waals surface area contributed by atoms with E-state index >= 15 is 0 Å². The van der Waals surface area contributed by atoms with E-state index in [-0.39, 0.29) is 17.7 Å². The van der Waals surface area contributed by atoms with Gasteiger partial charge in [0.2, 0.25) is 5.90 Å². The minimum absolute atomic E-state index is 0.0359. The van der Waals surface area contributed by atoms with Gasteiger partial charge < -0.3 is 4.74 Å². The fourth-order valence-electron chi connectivity index (χ4n) is 1.53. The molecule has 0 aromatic heterocycles. The van der Waals surface area contributed by atoms with Crippen molar-refractivity contribution < 1.29 is 14.3 Å². The molecule has 0 unspecified atom stereocenters. The maximum atomic E-state index is 11.4. The third kappa shape index (κ3) is 1.94. The van der Waals surface area contributed by atoms with Crippen LogP contribution >= 0.6 is 0 Å². The number of hydrogen-bond donors (Lipinski definition) is 1. The van der Waals surface area contributed by atoms with Crippen molar-refractivity contribution in [3.05, 3.63) is 42.0 Å². The predicted molar refractivity (Wildman–Crippen MR) is 61.9 cm³/mol. The van der Waals surface area contributed by atoms with Crippen LogP contribution in [0.5, 0.6) is 0 Å². The molecule has 1 heterocycles. The predicted octanol–water partition coefficient (Wildman–Crippen LogP) is 1.09. The summed E-state index contributed by atoms with van der Waals surface area (Å²) in [6.07, 6.45) is 2.46. The fraction of sp³-hybridized carbons (Fsp3) is 0.0833. The molecule has 0 saturated carbocycles. The molecule has 0 spiro atoms. The van der Waals surface area contributed by atoms with E-state index in [1.165, 1.54) is 19.3 Å². The van der Waals surface area contributed by atoms with Crippen LogP contribution in [0.4, 0.5) is 5.69 Å². The Balaban J connectivity index is 2.27. The average molecular weight is 230 g/mol. The summed E-state index contributed by atoms with van der Waals surface area (Å²) in [4.78, 5) is 23.9. The first kappa shape index (κ1) is 11.1. The van der Waals surface area contributed by atoms with Gasteiger partial charge in [-0.2, -0.15) is 0 Å². The first-order valence-electron chi connectivity index (χ1n) is 4.92. The number of nitrogens with one attached hydrogen (secondary N) is 1. The molecule has 1 aliphatic heterocycles. The van der Waals surface area contributed by atoms with Gasteiger partial charge in [0.15, 0.2) is 0 Å². The highest BCUT2D eigenvalue weighted by Crippen LogP contribution is 2.19. The molecule has 1 aromatic rings. The molecule has 2 amide bonds. The van der Waals surface area contributed by atoms with E-state index in [0.29, 0.717) is 11.3 Å². The Bertz CT molecular complexity index is 499. The van der Waals surface area contributed by atoms with Crippen molar-refractivity contribution in [2.45, 2.75) is 0 Å². The molecule has 17 heavy (non-hydrogen) atoms. The lowest BCUT2D eigenvalue weighted by atomic mass is 10.2. The molecule has 0 radical (unpaired) electrons. The normalized spacial score (nSPS) is 14.3. The minimum Gasteiger partial charge on any atom is -0.481 e. The third-order valence-corrected chi connectivity index (χ3v) is 2.40. The van der Waals surface area contributed by atoms with Crippen molar-refractivity contribution in [2.24, 2.45) is 0 Å². The molecule has 0 atom stereocenters. The highest BCUT2D eigenvalue weighted by atomic mass is 16.5. The molecule has 5 nitrogen and oxygen atoms in total. The van der Waals surface area contributed by atoms with Crippen molar-refractivity contribution in [3.63, 3.8) is 0 Å². The number of carbonyl (C=O) groups excluding carboxylic acids is 2. The molecular weight excluding hydrogens is 220 g/mol. The lowest BCUT2D eigenvalue weighted by molar-refractivity contribution is -0.119. The van der Waals surface area contributed by atoms with Gasteiger partial charge in [-0.15, -0.1) is 0 Å². The average Bonchev–Trinajstić information content (AvgIpc) is 2.68. The van der Waals surface area contributed by atoms with Crippen LogP contribution in [0, 0.1) is 5.41 Å². The number of rotatable bonds is 2. The van der Waals surface area contributed by atoms with Crippen LogP contribution in [0.15, 0.2) is 36.4 Å². The van der Waals surface area contributed by atoms with Gasteiger partial charge in [0, 0.05) is 17.7 Å². The number of anilines is 1. The first-order chi connectivity index (χ1) is 8.13. The molecule has 1 N–H and O–H groups in total. The van der Waals surface area contributed by atoms with Gasteiger partial charge in [0.25, 0.3) is 11.8 Å². The minimum atomic E-state index is -0.357. The van der Waals surface area contributed by atoms with Crippen molar-refractivity contribution in [3.8, 4) is 0 Å². The number of carbonyl (C=O) groups is 2. The lowest BCUT2D eigenvalue weighted by Crippen LogP contribution is -2.29. The number of imide groups is 1. The molecule has 1 aliphatic rings. The summed E-state index contributed by atoms with van der Waals surface area (Å²) < 4.78 is 4.77. The van der Waals surface area contributed by atoms with Crippen LogP contribution in [-0.2, 0) is 14.3 Å². The number of hydrogen-bond acceptors (Lipinski definition) is 4. The SMILES string of the molecule is COC(=N)c1ccc(N2C(=O)C=CC2=O)cc1. The van der Waals surface area contributed by atoms with Gasteiger partial charge in [-0.05, 0) is 24.3 Å². The topological polar surface area (TPSA) is 70.5 Å². The van der Waals surface area contributed by atoms with E-state index < -0.39 is 0 Å². The van der Waals surface area contributed by atoms with Gasteiger partial charge in [-0.25, -0.2) is 4.90 Å². The second kappa shape index (κ2) is 4.21. The van der Waals surface area contributed by atoms with Crippen LogP contribution in [0.25, 0.3) is 0 Å². The van der Waals surface area contributed by atoms with Crippen molar-refractivity contribution >= 4 is 23.4 Å². The summed E-state index contributed by atoms with van der Waals surface area (Å²) in [5.74, 6) is -0.678. The van der Waals surface area contributed by atoms with Crippen LogP contribution in [-0.4, -0.2) is 24.8 Å². The Morgan fingerprint density at radius 1 is 1.12 bits per heavy atom. The summed E-state index contributed by atoms with van der Waals surface area (Å²) in [5.41, 5.74) is 1.07. The number of nitrogens with zero attached hydrogens (tertiary/aromatic N) is 1. The van der Waals surface area contributed by atoms with E-state index in [2.05, 4.69) is 0 Å². The summed E-state index contributed by atoms with van der Waals surface area (Å²) in [6, 6.07) is 6.46. The van der Waals surface area contributed by atoms with E-state index in [0.717, 1.165) is 4.90 Å². The Morgan fingerprint density at radius 3 is 2.12 bits per heavy atom. The lowest BCUT2D eigenvalue weighted by Gasteiger charge is -2.14. The fourth-order valence-corrected chi connectivity index (χ4v) is 1.53. The second-order valence-corrected chi connectivity index (χ2v) is 3.43. The molecule has 0 bridgehead atoms. The Morgan fingerprint density at radius 2 is 1.65 bits per heavy atom. The molecule has 2 rings (SSSR count). The smallest absolute Gasteiger partial charge is 0.258 e. The van der Waals surface area contributed by atoms with E-state index in [9.17, 15) is 9.59 Å². The second-order valence-electron chi connectivity index (χ2n) is 3.43. The molecular formula is C12H10N2O3. The van der Waals surface area contributed by atoms with Gasteiger partial charge in [0.1, 0.15) is 0 Å². The molecule has 0 fully saturated rings. The van der Waals surface area contributed by atoms with E-state index in [1.54, 1.807) is 24.3 Å². The van der Waals surface area contributed by atoms with Crippen molar-refractivity contribution in [2.75, 3.05) is 12.0 Å². The van der Waals surface area contributed by atoms with Gasteiger partial charge in [-0.3, -0.25) is 15.0 Å². The standard InChI is InChI=1S/C12H10N2O3/c1-17-12(13)8-2-4-9(5-3-8)14-10(15)6-7-11(14)16/h2-7,13H,1H3. The number of benzene rings is 1. The summed E-state index contributed by atoms with van der Waals surface area (Å²) in [6.45, 7) is 0. The maximum absolute atomic E-state index is 11.4. The van der Waals surface area contributed by atoms with Crippen molar-refractivity contribution in [1.29, 1.82) is 5.41 Å². The molecule has 0 saturated heterocycles. The van der Waals surface area contributed by atoms with Gasteiger partial charge >= 0.3 is 0 Å². The van der Waals surface area contributed by atoms with Crippen LogP contribution in [0.2, 0.25) is 0 Å². The largest absolute Gasteiger partial charge is 0.481 e. The zero-order valence-electron chi connectivity index (χ0n) is 9.14. The summed E-state index contributed by atoms with van der Waals surface area (Å²) >= 11 is 0. The molecule has 0 aliphatic carbocycles. The number of amides is 2. The van der Waals surface area contributed by atoms with E-state index in [4.69, 9.17) is 10.1 Å². The van der Waals surface area contributed by atoms with Gasteiger partial charge in [0.05, 0.1) is 12.8 Å². The summed E-state index contributed by atoms with van der Waals surface area (Å²) in [5, 5.41) is 7.46. The van der Waals surface area contributed by atoms with Gasteiger partial charge in [-0.1, -0.05) is 0 Å². The highest BCUT2D eigenvalue weighted by molar-refractivity contribution is 6.28. The Hall–Kier alpha value is -2.43. The Labute approximate surface area is 97.8 Å². The zero-order chi connectivity index (χ0) is 12.4. The van der Waals surface area contributed by atoms with Crippen LogP contribution in [0.1, 0.15) is 5.56 Å². The van der Waals surface area contributed by atoms with E-state index in [1.807, 2.05) is 0 Å². The zero-order valence-corrected chi connectivity index (χ0v) is 9.14. The molecule has 1 aromatic carbocycles. The van der Waals surface area contributed by atoms with Crippen LogP contribution < -0.4 is 4.90 Å². The van der Waals surface area contributed by atoms with Crippen LogP contribution in [0.3, 0.4) is 0 Å².